The first-order chi connectivity index (χ1) is 7.52. The summed E-state index contributed by atoms with van der Waals surface area (Å²) in [6, 6.07) is -1.13. The number of nitrogens with two attached hydrogens (primary N) is 1. The van der Waals surface area contributed by atoms with Gasteiger partial charge in [0.25, 0.3) is 0 Å². The largest absolute Gasteiger partial charge is 0.352 e. The topological polar surface area (TPSA) is 75.4 Å². The van der Waals surface area contributed by atoms with Crippen molar-refractivity contribution < 1.29 is 9.59 Å². The third-order valence-electron chi connectivity index (χ3n) is 2.90. The Morgan fingerprint density at radius 2 is 1.75 bits per heavy atom. The lowest BCUT2D eigenvalue weighted by Crippen LogP contribution is -2.53. The van der Waals surface area contributed by atoms with Gasteiger partial charge in [0, 0.05) is 13.1 Å². The van der Waals surface area contributed by atoms with E-state index in [-0.39, 0.29) is 11.8 Å². The number of rotatable bonds is 3. The Hall–Kier alpha value is -1.26. The van der Waals surface area contributed by atoms with Crippen LogP contribution in [0.5, 0.6) is 0 Å². The fourth-order valence-corrected chi connectivity index (χ4v) is 1.98. The van der Waals surface area contributed by atoms with E-state index >= 15 is 0 Å². The molecule has 0 aromatic rings. The minimum absolute atomic E-state index is 0.00602. The molecule has 0 spiro atoms. The second-order valence-corrected chi connectivity index (χ2v) is 4.62. The first-order valence-electron chi connectivity index (χ1n) is 5.87. The minimum Gasteiger partial charge on any atom is -0.352 e. The maximum Gasteiger partial charge on any atom is 0.312 e. The summed E-state index contributed by atoms with van der Waals surface area (Å²) in [5.74, 6) is 0.0513. The zero-order valence-electron chi connectivity index (χ0n) is 10.0. The molecule has 1 heterocycles. The van der Waals surface area contributed by atoms with Crippen LogP contribution in [0.25, 0.3) is 0 Å². The summed E-state index contributed by atoms with van der Waals surface area (Å²) < 4.78 is 0. The van der Waals surface area contributed by atoms with Crippen LogP contribution in [0.1, 0.15) is 33.1 Å². The number of urea groups is 1. The number of carbonyl (C=O) groups is 2. The summed E-state index contributed by atoms with van der Waals surface area (Å²) in [6.07, 6.45) is 3.28. The van der Waals surface area contributed by atoms with Gasteiger partial charge in [-0.2, -0.15) is 0 Å². The SMILES string of the molecule is CC(C)[C@H](NC(N)=O)C(=O)N1CCCCC1. The van der Waals surface area contributed by atoms with E-state index in [1.807, 2.05) is 18.7 Å². The number of nitrogens with zero attached hydrogens (tertiary/aromatic N) is 1. The number of piperidine rings is 1. The third-order valence-corrected chi connectivity index (χ3v) is 2.90. The van der Waals surface area contributed by atoms with Gasteiger partial charge in [0.05, 0.1) is 0 Å². The third kappa shape index (κ3) is 3.40. The van der Waals surface area contributed by atoms with Crippen LogP contribution in [0.15, 0.2) is 0 Å². The summed E-state index contributed by atoms with van der Waals surface area (Å²) in [5.41, 5.74) is 5.08. The molecule has 0 aromatic heterocycles. The molecule has 1 atom stereocenters. The number of hydrogen-bond donors (Lipinski definition) is 2. The zero-order chi connectivity index (χ0) is 12.1. The van der Waals surface area contributed by atoms with Crippen LogP contribution in [0.4, 0.5) is 4.79 Å². The van der Waals surface area contributed by atoms with Crippen LogP contribution < -0.4 is 11.1 Å². The molecule has 0 aromatic carbocycles. The Labute approximate surface area is 96.4 Å². The smallest absolute Gasteiger partial charge is 0.312 e. The highest BCUT2D eigenvalue weighted by Gasteiger charge is 2.28. The van der Waals surface area contributed by atoms with Crippen molar-refractivity contribution in [3.8, 4) is 0 Å². The van der Waals surface area contributed by atoms with E-state index < -0.39 is 12.1 Å². The number of carbonyl (C=O) groups excluding carboxylic acids is 2. The van der Waals surface area contributed by atoms with E-state index in [4.69, 9.17) is 5.73 Å². The van der Waals surface area contributed by atoms with Crippen molar-refractivity contribution >= 4 is 11.9 Å². The van der Waals surface area contributed by atoms with Crippen LogP contribution in [0.3, 0.4) is 0 Å². The molecule has 1 aliphatic heterocycles. The monoisotopic (exact) mass is 227 g/mol. The van der Waals surface area contributed by atoms with Gasteiger partial charge in [0.2, 0.25) is 5.91 Å². The van der Waals surface area contributed by atoms with Crippen LogP contribution >= 0.6 is 0 Å². The Morgan fingerprint density at radius 3 is 2.19 bits per heavy atom. The molecule has 3 amide bonds. The molecule has 16 heavy (non-hydrogen) atoms. The number of primary amides is 1. The van der Waals surface area contributed by atoms with Gasteiger partial charge in [0.15, 0.2) is 0 Å². The Bertz CT molecular complexity index is 260. The van der Waals surface area contributed by atoms with Gasteiger partial charge in [0.1, 0.15) is 6.04 Å². The average Bonchev–Trinajstić information content (AvgIpc) is 2.25. The summed E-state index contributed by atoms with van der Waals surface area (Å²) in [5, 5.41) is 2.52. The molecule has 0 aliphatic carbocycles. The molecule has 0 unspecified atom stereocenters. The fraction of sp³-hybridized carbons (Fsp3) is 0.818. The van der Waals surface area contributed by atoms with Gasteiger partial charge < -0.3 is 16.0 Å². The summed E-state index contributed by atoms with van der Waals surface area (Å²) in [7, 11) is 0. The van der Waals surface area contributed by atoms with Crippen molar-refractivity contribution in [1.82, 2.24) is 10.2 Å². The lowest BCUT2D eigenvalue weighted by Gasteiger charge is -2.31. The standard InChI is InChI=1S/C11H21N3O2/c1-8(2)9(13-11(12)16)10(15)14-6-4-3-5-7-14/h8-9H,3-7H2,1-2H3,(H3,12,13,16)/t9-/m0/s1. The number of likely N-dealkylation sites (tertiary alicyclic amines) is 1. The highest BCUT2D eigenvalue weighted by Crippen LogP contribution is 2.13. The van der Waals surface area contributed by atoms with E-state index in [0.717, 1.165) is 25.9 Å². The maximum absolute atomic E-state index is 12.1. The number of amides is 3. The normalized spacial score (nSPS) is 18.3. The van der Waals surface area contributed by atoms with Crippen molar-refractivity contribution in [3.05, 3.63) is 0 Å². The molecule has 1 rings (SSSR count). The molecular weight excluding hydrogens is 206 g/mol. The van der Waals surface area contributed by atoms with Crippen molar-refractivity contribution in [2.75, 3.05) is 13.1 Å². The van der Waals surface area contributed by atoms with E-state index in [2.05, 4.69) is 5.32 Å². The van der Waals surface area contributed by atoms with Crippen LogP contribution in [0.2, 0.25) is 0 Å². The highest BCUT2D eigenvalue weighted by atomic mass is 16.2. The molecule has 1 fully saturated rings. The Morgan fingerprint density at radius 1 is 1.19 bits per heavy atom. The predicted octanol–water partition coefficient (Wildman–Crippen LogP) is 0.692. The molecular formula is C11H21N3O2. The van der Waals surface area contributed by atoms with E-state index in [1.54, 1.807) is 0 Å². The maximum atomic E-state index is 12.1. The molecule has 0 bridgehead atoms. The molecule has 3 N–H and O–H groups in total. The second kappa shape index (κ2) is 5.72. The molecule has 1 aliphatic rings. The highest BCUT2D eigenvalue weighted by molar-refractivity contribution is 5.86. The molecule has 0 saturated carbocycles. The van der Waals surface area contributed by atoms with Crippen molar-refractivity contribution in [2.24, 2.45) is 11.7 Å². The number of hydrogen-bond acceptors (Lipinski definition) is 2. The van der Waals surface area contributed by atoms with E-state index in [0.29, 0.717) is 0 Å². The summed E-state index contributed by atoms with van der Waals surface area (Å²) in [6.45, 7) is 5.40. The first-order valence-corrected chi connectivity index (χ1v) is 5.87. The first kappa shape index (κ1) is 12.8. The summed E-state index contributed by atoms with van der Waals surface area (Å²) >= 11 is 0. The van der Waals surface area contributed by atoms with Crippen LogP contribution in [-0.2, 0) is 4.79 Å². The molecule has 92 valence electrons. The van der Waals surface area contributed by atoms with Gasteiger partial charge in [-0.15, -0.1) is 0 Å². The number of nitrogens with one attached hydrogen (secondary N) is 1. The average molecular weight is 227 g/mol. The van der Waals surface area contributed by atoms with Crippen LogP contribution in [-0.4, -0.2) is 36.0 Å². The lowest BCUT2D eigenvalue weighted by molar-refractivity contribution is -0.135. The van der Waals surface area contributed by atoms with E-state index in [1.165, 1.54) is 6.42 Å². The van der Waals surface area contributed by atoms with Crippen LogP contribution in [0, 0.1) is 5.92 Å². The Balaban J connectivity index is 2.61. The summed E-state index contributed by atoms with van der Waals surface area (Å²) in [4.78, 5) is 24.8. The molecule has 5 heteroatoms. The fourth-order valence-electron chi connectivity index (χ4n) is 1.98. The second-order valence-electron chi connectivity index (χ2n) is 4.62. The van der Waals surface area contributed by atoms with Gasteiger partial charge in [-0.25, -0.2) is 4.79 Å². The minimum atomic E-state index is -0.635. The Kier molecular flexibility index (Phi) is 4.58. The van der Waals surface area contributed by atoms with Gasteiger partial charge in [-0.05, 0) is 25.2 Å². The zero-order valence-corrected chi connectivity index (χ0v) is 10.0. The lowest BCUT2D eigenvalue weighted by atomic mass is 10.0. The van der Waals surface area contributed by atoms with Gasteiger partial charge in [-0.3, -0.25) is 4.79 Å². The predicted molar refractivity (Wildman–Crippen MR) is 61.8 cm³/mol. The molecule has 5 nitrogen and oxygen atoms in total. The van der Waals surface area contributed by atoms with Crippen molar-refractivity contribution in [2.45, 2.75) is 39.2 Å². The molecule has 1 saturated heterocycles. The van der Waals surface area contributed by atoms with Crippen molar-refractivity contribution in [3.63, 3.8) is 0 Å². The van der Waals surface area contributed by atoms with Gasteiger partial charge in [-0.1, -0.05) is 13.8 Å². The van der Waals surface area contributed by atoms with E-state index in [9.17, 15) is 9.59 Å². The van der Waals surface area contributed by atoms with Gasteiger partial charge >= 0.3 is 6.03 Å². The molecule has 0 radical (unpaired) electrons. The van der Waals surface area contributed by atoms with Crippen molar-refractivity contribution in [1.29, 1.82) is 0 Å². The quantitative estimate of drug-likeness (QED) is 0.744.